The van der Waals surface area contributed by atoms with Crippen LogP contribution in [0.3, 0.4) is 0 Å². The molecule has 0 unspecified atom stereocenters. The van der Waals surface area contributed by atoms with Gasteiger partial charge in [-0.15, -0.1) is 6.58 Å². The van der Waals surface area contributed by atoms with Crippen molar-refractivity contribution in [3.63, 3.8) is 0 Å². The number of alkyl halides is 6. The summed E-state index contributed by atoms with van der Waals surface area (Å²) in [6.45, 7) is 3.19. The van der Waals surface area contributed by atoms with E-state index >= 15 is 0 Å². The summed E-state index contributed by atoms with van der Waals surface area (Å²) in [5.74, 6) is -1.04. The van der Waals surface area contributed by atoms with Crippen molar-refractivity contribution in [2.45, 2.75) is 18.8 Å². The van der Waals surface area contributed by atoms with Crippen molar-refractivity contribution in [3.8, 4) is 5.75 Å². The van der Waals surface area contributed by atoms with Gasteiger partial charge in [-0.25, -0.2) is 0 Å². The number of aromatic hydroxyl groups is 1. The number of hydrogen-bond acceptors (Lipinski definition) is 1. The van der Waals surface area contributed by atoms with E-state index in [9.17, 15) is 31.4 Å². The number of hydrogen-bond donors (Lipinski definition) is 1. The number of phenolic OH excluding ortho intramolecular Hbond substituents is 1. The monoisotopic (exact) mass is 270 g/mol. The van der Waals surface area contributed by atoms with E-state index in [2.05, 4.69) is 6.58 Å². The van der Waals surface area contributed by atoms with Crippen LogP contribution < -0.4 is 0 Å². The second-order valence-electron chi connectivity index (χ2n) is 3.51. The molecular weight excluding hydrogens is 262 g/mol. The lowest BCUT2D eigenvalue weighted by molar-refractivity contribution is -0.143. The highest BCUT2D eigenvalue weighted by molar-refractivity contribution is 5.46. The van der Waals surface area contributed by atoms with Crippen molar-refractivity contribution < 1.29 is 31.4 Å². The molecule has 1 rings (SSSR count). The van der Waals surface area contributed by atoms with Crippen LogP contribution >= 0.6 is 0 Å². The van der Waals surface area contributed by atoms with E-state index in [4.69, 9.17) is 0 Å². The van der Waals surface area contributed by atoms with Crippen LogP contribution in [0.5, 0.6) is 5.75 Å². The van der Waals surface area contributed by atoms with Crippen LogP contribution in [0.15, 0.2) is 24.8 Å². The highest BCUT2D eigenvalue weighted by Gasteiger charge is 2.39. The highest BCUT2D eigenvalue weighted by Crippen LogP contribution is 2.41. The second-order valence-corrected chi connectivity index (χ2v) is 3.51. The van der Waals surface area contributed by atoms with E-state index < -0.39 is 34.8 Å². The van der Waals surface area contributed by atoms with Crippen LogP contribution in [0, 0.1) is 0 Å². The zero-order chi connectivity index (χ0) is 14.1. The smallest absolute Gasteiger partial charge is 0.416 e. The Hall–Kier alpha value is -1.66. The molecule has 0 saturated carbocycles. The minimum atomic E-state index is -4.98. The zero-order valence-electron chi connectivity index (χ0n) is 8.86. The topological polar surface area (TPSA) is 20.2 Å². The largest absolute Gasteiger partial charge is 0.508 e. The van der Waals surface area contributed by atoms with Crippen molar-refractivity contribution in [2.75, 3.05) is 0 Å². The van der Waals surface area contributed by atoms with Gasteiger partial charge in [-0.3, -0.25) is 0 Å². The molecule has 1 aromatic carbocycles. The summed E-state index contributed by atoms with van der Waals surface area (Å²) in [7, 11) is 0. The predicted octanol–water partition coefficient (Wildman–Crippen LogP) is 4.16. The third-order valence-corrected chi connectivity index (χ3v) is 2.21. The van der Waals surface area contributed by atoms with E-state index in [1.807, 2.05) is 0 Å². The quantitative estimate of drug-likeness (QED) is 0.632. The van der Waals surface area contributed by atoms with Gasteiger partial charge in [-0.05, 0) is 18.6 Å². The Bertz CT molecular complexity index is 458. The Balaban J connectivity index is 3.52. The molecule has 0 radical (unpaired) electrons. The lowest BCUT2D eigenvalue weighted by atomic mass is 9.99. The molecule has 1 nitrogen and oxygen atoms in total. The number of phenols is 1. The maximum Gasteiger partial charge on any atom is 0.416 e. The van der Waals surface area contributed by atoms with E-state index in [0.29, 0.717) is 0 Å². The van der Waals surface area contributed by atoms with Gasteiger partial charge in [-0.2, -0.15) is 26.3 Å². The third-order valence-electron chi connectivity index (χ3n) is 2.21. The normalized spacial score (nSPS) is 12.6. The first-order valence-electron chi connectivity index (χ1n) is 4.68. The van der Waals surface area contributed by atoms with Gasteiger partial charge >= 0.3 is 12.4 Å². The highest BCUT2D eigenvalue weighted by atomic mass is 19.4. The van der Waals surface area contributed by atoms with Gasteiger partial charge in [0.25, 0.3) is 0 Å². The molecule has 1 N–H and O–H groups in total. The van der Waals surface area contributed by atoms with Gasteiger partial charge < -0.3 is 5.11 Å². The standard InChI is InChI=1S/C11H8F6O/c1-2-3-7-8(11(15,16)17)4-6(5-9(7)18)10(12,13)14/h2,4-5,18H,1,3H2. The summed E-state index contributed by atoms with van der Waals surface area (Å²) >= 11 is 0. The Labute approximate surface area is 98.4 Å². The molecule has 0 spiro atoms. The van der Waals surface area contributed by atoms with Gasteiger partial charge in [0.05, 0.1) is 11.1 Å². The van der Waals surface area contributed by atoms with E-state index in [1.54, 1.807) is 0 Å². The Morgan fingerprint density at radius 2 is 1.61 bits per heavy atom. The van der Waals surface area contributed by atoms with Crippen molar-refractivity contribution in [1.29, 1.82) is 0 Å². The van der Waals surface area contributed by atoms with Gasteiger partial charge in [0.1, 0.15) is 5.75 Å². The van der Waals surface area contributed by atoms with Crippen LogP contribution in [0.2, 0.25) is 0 Å². The summed E-state index contributed by atoms with van der Waals surface area (Å²) < 4.78 is 74.9. The lowest BCUT2D eigenvalue weighted by Gasteiger charge is -2.16. The van der Waals surface area contributed by atoms with Crippen molar-refractivity contribution in [3.05, 3.63) is 41.5 Å². The molecule has 0 aliphatic heterocycles. The first-order valence-corrected chi connectivity index (χ1v) is 4.68. The van der Waals surface area contributed by atoms with Crippen molar-refractivity contribution in [2.24, 2.45) is 0 Å². The average Bonchev–Trinajstić information content (AvgIpc) is 2.17. The van der Waals surface area contributed by atoms with Crippen LogP contribution in [0.25, 0.3) is 0 Å². The van der Waals surface area contributed by atoms with E-state index in [-0.39, 0.29) is 18.6 Å². The van der Waals surface area contributed by atoms with Crippen LogP contribution in [-0.4, -0.2) is 5.11 Å². The molecular formula is C11H8F6O. The average molecular weight is 270 g/mol. The lowest BCUT2D eigenvalue weighted by Crippen LogP contribution is -2.13. The fraction of sp³-hybridized carbons (Fsp3) is 0.273. The molecule has 0 atom stereocenters. The summed E-state index contributed by atoms with van der Waals surface area (Å²) in [6, 6.07) is 0.257. The molecule has 18 heavy (non-hydrogen) atoms. The van der Waals surface area contributed by atoms with Crippen molar-refractivity contribution in [1.82, 2.24) is 0 Å². The molecule has 0 saturated heterocycles. The summed E-state index contributed by atoms with van der Waals surface area (Å²) in [6.07, 6.45) is -9.24. The summed E-state index contributed by atoms with van der Waals surface area (Å²) in [4.78, 5) is 0. The van der Waals surface area contributed by atoms with Gasteiger partial charge in [0.15, 0.2) is 0 Å². The molecule has 0 heterocycles. The van der Waals surface area contributed by atoms with Crippen molar-refractivity contribution >= 4 is 0 Å². The van der Waals surface area contributed by atoms with E-state index in [0.717, 1.165) is 6.08 Å². The number of halogens is 6. The minimum absolute atomic E-state index is 0.0153. The maximum atomic E-state index is 12.6. The number of allylic oxidation sites excluding steroid dienone is 1. The fourth-order valence-electron chi connectivity index (χ4n) is 1.43. The zero-order valence-corrected chi connectivity index (χ0v) is 8.86. The molecule has 7 heteroatoms. The minimum Gasteiger partial charge on any atom is -0.508 e. The molecule has 100 valence electrons. The van der Waals surface area contributed by atoms with Gasteiger partial charge in [0.2, 0.25) is 0 Å². The Kier molecular flexibility index (Phi) is 3.64. The first kappa shape index (κ1) is 14.4. The van der Waals surface area contributed by atoms with Gasteiger partial charge in [0, 0.05) is 5.56 Å². The number of benzene rings is 1. The summed E-state index contributed by atoms with van der Waals surface area (Å²) in [5, 5.41) is 9.28. The maximum absolute atomic E-state index is 12.6. The fourth-order valence-corrected chi connectivity index (χ4v) is 1.43. The molecule has 0 bridgehead atoms. The van der Waals surface area contributed by atoms with Crippen LogP contribution in [0.1, 0.15) is 16.7 Å². The van der Waals surface area contributed by atoms with Gasteiger partial charge in [-0.1, -0.05) is 6.08 Å². The Morgan fingerprint density at radius 1 is 1.06 bits per heavy atom. The molecule has 0 aliphatic rings. The molecule has 0 fully saturated rings. The molecule has 0 aliphatic carbocycles. The second kappa shape index (κ2) is 4.55. The summed E-state index contributed by atoms with van der Waals surface area (Å²) in [5.41, 5.74) is -3.67. The first-order chi connectivity index (χ1) is 8.07. The van der Waals surface area contributed by atoms with E-state index in [1.165, 1.54) is 0 Å². The predicted molar refractivity (Wildman–Crippen MR) is 52.0 cm³/mol. The molecule has 0 aromatic heterocycles. The SMILES string of the molecule is C=CCc1c(O)cc(C(F)(F)F)cc1C(F)(F)F. The van der Waals surface area contributed by atoms with Crippen LogP contribution in [0.4, 0.5) is 26.3 Å². The third kappa shape index (κ3) is 2.96. The number of rotatable bonds is 2. The van der Waals surface area contributed by atoms with Crippen LogP contribution in [-0.2, 0) is 18.8 Å². The molecule has 0 amide bonds. The molecule has 1 aromatic rings. The Morgan fingerprint density at radius 3 is 2.00 bits per heavy atom.